The molecule has 4 aromatic rings. The summed E-state index contributed by atoms with van der Waals surface area (Å²) in [7, 11) is 0. The maximum absolute atomic E-state index is 11.7. The molecule has 26 heavy (non-hydrogen) atoms. The molecule has 0 bridgehead atoms. The lowest BCUT2D eigenvalue weighted by atomic mass is 10.1. The van der Waals surface area contributed by atoms with Gasteiger partial charge in [0, 0.05) is 5.38 Å². The Kier molecular flexibility index (Phi) is 4.18. The van der Waals surface area contributed by atoms with Gasteiger partial charge >= 0.3 is 5.97 Å². The van der Waals surface area contributed by atoms with Gasteiger partial charge in [-0.05, 0) is 30.2 Å². The highest BCUT2D eigenvalue weighted by molar-refractivity contribution is 7.12. The average molecular weight is 364 g/mol. The molecular weight excluding hydrogens is 348 g/mol. The van der Waals surface area contributed by atoms with Gasteiger partial charge in [0.2, 0.25) is 0 Å². The number of hydrogen-bond acceptors (Lipinski definition) is 4. The van der Waals surface area contributed by atoms with Crippen molar-refractivity contribution in [3.63, 3.8) is 0 Å². The minimum atomic E-state index is -0.995. The Hall–Kier alpha value is -3.12. The van der Waals surface area contributed by atoms with Crippen LogP contribution in [0.15, 0.2) is 60.2 Å². The Balaban J connectivity index is 1.77. The van der Waals surface area contributed by atoms with E-state index in [4.69, 9.17) is 4.74 Å². The largest absolute Gasteiger partial charge is 0.485 e. The number of fused-ring (bicyclic) bond motifs is 1. The van der Waals surface area contributed by atoms with Crippen LogP contribution in [-0.4, -0.2) is 20.6 Å². The Morgan fingerprint density at radius 3 is 2.77 bits per heavy atom. The Labute approximate surface area is 154 Å². The van der Waals surface area contributed by atoms with Crippen LogP contribution in [0.25, 0.3) is 16.7 Å². The minimum absolute atomic E-state index is 0.186. The molecule has 0 saturated carbocycles. The van der Waals surface area contributed by atoms with E-state index in [0.29, 0.717) is 18.0 Å². The van der Waals surface area contributed by atoms with Crippen molar-refractivity contribution in [1.29, 1.82) is 0 Å². The first kappa shape index (κ1) is 16.4. The zero-order chi connectivity index (χ0) is 18.1. The fourth-order valence-electron chi connectivity index (χ4n) is 2.86. The van der Waals surface area contributed by atoms with Crippen LogP contribution in [-0.2, 0) is 6.61 Å². The van der Waals surface area contributed by atoms with E-state index < -0.39 is 5.97 Å². The normalized spacial score (nSPS) is 11.0. The molecule has 130 valence electrons. The van der Waals surface area contributed by atoms with Crippen LogP contribution in [0.5, 0.6) is 5.75 Å². The molecule has 0 atom stereocenters. The summed E-state index contributed by atoms with van der Waals surface area (Å²) in [5, 5.41) is 11.3. The number of rotatable bonds is 5. The molecule has 0 unspecified atom stereocenters. The van der Waals surface area contributed by atoms with Crippen molar-refractivity contribution in [2.45, 2.75) is 13.5 Å². The Morgan fingerprint density at radius 1 is 1.19 bits per heavy atom. The lowest BCUT2D eigenvalue weighted by Crippen LogP contribution is -2.04. The summed E-state index contributed by atoms with van der Waals surface area (Å²) in [6.45, 7) is 2.32. The summed E-state index contributed by atoms with van der Waals surface area (Å²) >= 11 is 1.16. The first-order valence-corrected chi connectivity index (χ1v) is 8.97. The molecule has 0 aliphatic rings. The van der Waals surface area contributed by atoms with Gasteiger partial charge in [0.15, 0.2) is 10.6 Å². The highest BCUT2D eigenvalue weighted by Gasteiger charge is 2.21. The van der Waals surface area contributed by atoms with Crippen LogP contribution >= 0.6 is 11.3 Å². The van der Waals surface area contributed by atoms with Crippen molar-refractivity contribution < 1.29 is 14.6 Å². The number of aromatic carboxylic acids is 1. The number of carbonyl (C=O) groups is 1. The van der Waals surface area contributed by atoms with E-state index in [0.717, 1.165) is 33.5 Å². The van der Waals surface area contributed by atoms with Gasteiger partial charge in [-0.3, -0.25) is 4.57 Å². The van der Waals surface area contributed by atoms with Gasteiger partial charge in [0.25, 0.3) is 0 Å². The molecule has 5 nitrogen and oxygen atoms in total. The van der Waals surface area contributed by atoms with Gasteiger partial charge in [-0.2, -0.15) is 0 Å². The van der Waals surface area contributed by atoms with Crippen molar-refractivity contribution in [3.05, 3.63) is 76.2 Å². The van der Waals surface area contributed by atoms with E-state index in [9.17, 15) is 9.90 Å². The number of benzene rings is 2. The van der Waals surface area contributed by atoms with Crippen molar-refractivity contribution in [3.8, 4) is 11.4 Å². The zero-order valence-corrected chi connectivity index (χ0v) is 14.9. The number of para-hydroxylation sites is 2. The van der Waals surface area contributed by atoms with Crippen LogP contribution in [0.4, 0.5) is 0 Å². The highest BCUT2D eigenvalue weighted by Crippen LogP contribution is 2.36. The summed E-state index contributed by atoms with van der Waals surface area (Å²) in [4.78, 5) is 16.2. The molecular formula is C20H16N2O3S. The molecule has 4 rings (SSSR count). The van der Waals surface area contributed by atoms with Crippen molar-refractivity contribution in [1.82, 2.24) is 9.55 Å². The SMILES string of the molecule is Cc1ccccc1COc1c(-n2cnc3ccccc32)csc1C(=O)O. The van der Waals surface area contributed by atoms with Gasteiger partial charge in [0.1, 0.15) is 18.6 Å². The van der Waals surface area contributed by atoms with E-state index in [2.05, 4.69) is 4.98 Å². The highest BCUT2D eigenvalue weighted by atomic mass is 32.1. The smallest absolute Gasteiger partial charge is 0.349 e. The van der Waals surface area contributed by atoms with E-state index in [1.54, 1.807) is 11.7 Å². The third-order valence-corrected chi connectivity index (χ3v) is 5.20. The van der Waals surface area contributed by atoms with Crippen molar-refractivity contribution >= 4 is 28.3 Å². The van der Waals surface area contributed by atoms with E-state index in [1.807, 2.05) is 60.0 Å². The molecule has 0 amide bonds. The van der Waals surface area contributed by atoms with Crippen molar-refractivity contribution in [2.24, 2.45) is 0 Å². The van der Waals surface area contributed by atoms with Gasteiger partial charge < -0.3 is 9.84 Å². The quantitative estimate of drug-likeness (QED) is 0.559. The number of hydrogen-bond donors (Lipinski definition) is 1. The molecule has 2 aromatic carbocycles. The maximum Gasteiger partial charge on any atom is 0.349 e. The molecule has 0 radical (unpaired) electrons. The maximum atomic E-state index is 11.7. The number of aromatic nitrogens is 2. The second-order valence-electron chi connectivity index (χ2n) is 5.90. The second kappa shape index (κ2) is 6.65. The van der Waals surface area contributed by atoms with Gasteiger partial charge in [-0.15, -0.1) is 11.3 Å². The zero-order valence-electron chi connectivity index (χ0n) is 14.0. The monoisotopic (exact) mass is 364 g/mol. The molecule has 0 fully saturated rings. The lowest BCUT2D eigenvalue weighted by Gasteiger charge is -2.11. The van der Waals surface area contributed by atoms with E-state index in [-0.39, 0.29) is 4.88 Å². The van der Waals surface area contributed by atoms with E-state index >= 15 is 0 Å². The van der Waals surface area contributed by atoms with Crippen LogP contribution < -0.4 is 4.74 Å². The molecule has 0 aliphatic heterocycles. The van der Waals surface area contributed by atoms with Gasteiger partial charge in [-0.25, -0.2) is 9.78 Å². The fraction of sp³-hybridized carbons (Fsp3) is 0.100. The predicted molar refractivity (Wildman–Crippen MR) is 101 cm³/mol. The molecule has 1 N–H and O–H groups in total. The average Bonchev–Trinajstić information content (AvgIpc) is 3.24. The minimum Gasteiger partial charge on any atom is -0.485 e. The molecule has 0 spiro atoms. The number of aryl methyl sites for hydroxylation is 1. The van der Waals surface area contributed by atoms with Gasteiger partial charge in [0.05, 0.1) is 11.0 Å². The van der Waals surface area contributed by atoms with Gasteiger partial charge in [-0.1, -0.05) is 36.4 Å². The number of nitrogens with zero attached hydrogens (tertiary/aromatic N) is 2. The molecule has 0 saturated heterocycles. The lowest BCUT2D eigenvalue weighted by molar-refractivity contribution is 0.0697. The summed E-state index contributed by atoms with van der Waals surface area (Å²) in [5.41, 5.74) is 4.57. The first-order valence-electron chi connectivity index (χ1n) is 8.09. The standard InChI is InChI=1S/C20H16N2O3S/c1-13-6-2-3-7-14(13)10-25-18-17(11-26-19(18)20(23)24)22-12-21-15-8-4-5-9-16(15)22/h2-9,11-12H,10H2,1H3,(H,23,24). The number of carboxylic acid groups (broad SMARTS) is 1. The Morgan fingerprint density at radius 2 is 1.96 bits per heavy atom. The molecule has 2 heterocycles. The molecule has 2 aromatic heterocycles. The number of thiophene rings is 1. The Bertz CT molecular complexity index is 1100. The third-order valence-electron chi connectivity index (χ3n) is 4.27. The molecule has 6 heteroatoms. The summed E-state index contributed by atoms with van der Waals surface area (Å²) in [5.74, 6) is -0.626. The third kappa shape index (κ3) is 2.84. The van der Waals surface area contributed by atoms with Crippen LogP contribution in [0.1, 0.15) is 20.8 Å². The second-order valence-corrected chi connectivity index (χ2v) is 6.78. The van der Waals surface area contributed by atoms with Crippen LogP contribution in [0, 0.1) is 6.92 Å². The van der Waals surface area contributed by atoms with Crippen molar-refractivity contribution in [2.75, 3.05) is 0 Å². The number of carboxylic acids is 1. The number of ether oxygens (including phenoxy) is 1. The fourth-order valence-corrected chi connectivity index (χ4v) is 3.69. The van der Waals surface area contributed by atoms with E-state index in [1.165, 1.54) is 0 Å². The topological polar surface area (TPSA) is 64.4 Å². The summed E-state index contributed by atoms with van der Waals surface area (Å²) < 4.78 is 7.86. The number of imidazole rings is 1. The predicted octanol–water partition coefficient (Wildman–Crippen LogP) is 4.67. The molecule has 0 aliphatic carbocycles. The van der Waals surface area contributed by atoms with Crippen LogP contribution in [0.2, 0.25) is 0 Å². The summed E-state index contributed by atoms with van der Waals surface area (Å²) in [6, 6.07) is 15.6. The first-order chi connectivity index (χ1) is 12.6. The summed E-state index contributed by atoms with van der Waals surface area (Å²) in [6.07, 6.45) is 1.69. The van der Waals surface area contributed by atoms with Crippen LogP contribution in [0.3, 0.4) is 0 Å².